The quantitative estimate of drug-likeness (QED) is 0.454. The van der Waals surface area contributed by atoms with Crippen molar-refractivity contribution < 1.29 is 23.1 Å². The molecular formula is C14H10ClF2N2O3PS. The van der Waals surface area contributed by atoms with E-state index in [2.05, 4.69) is 9.97 Å². The minimum atomic E-state index is -4.16. The second kappa shape index (κ2) is 6.46. The molecule has 1 heterocycles. The Labute approximate surface area is 144 Å². The number of thioether (sulfide) groups is 1. The van der Waals surface area contributed by atoms with Gasteiger partial charge < -0.3 is 14.8 Å². The average Bonchev–Trinajstić information content (AvgIpc) is 2.86. The van der Waals surface area contributed by atoms with Crippen LogP contribution >= 0.6 is 31.0 Å². The van der Waals surface area contributed by atoms with E-state index in [1.165, 1.54) is 18.2 Å². The number of nitrogens with zero attached hydrogens (tertiary/aromatic N) is 1. The van der Waals surface area contributed by atoms with E-state index in [0.717, 1.165) is 23.9 Å². The number of halogens is 3. The first-order valence-electron chi connectivity index (χ1n) is 6.55. The topological polar surface area (TPSA) is 86.2 Å². The Morgan fingerprint density at radius 3 is 2.62 bits per heavy atom. The molecule has 0 aliphatic heterocycles. The van der Waals surface area contributed by atoms with Crippen molar-refractivity contribution in [3.8, 4) is 11.1 Å². The van der Waals surface area contributed by atoms with Crippen molar-refractivity contribution in [1.82, 2.24) is 9.97 Å². The zero-order valence-electron chi connectivity index (χ0n) is 11.8. The van der Waals surface area contributed by atoms with E-state index in [1.807, 2.05) is 0 Å². The number of aromatic amines is 1. The molecule has 0 atom stereocenters. The lowest BCUT2D eigenvalue weighted by molar-refractivity contribution is 0.379. The van der Waals surface area contributed by atoms with Gasteiger partial charge in [0.15, 0.2) is 5.16 Å². The van der Waals surface area contributed by atoms with Gasteiger partial charge in [-0.3, -0.25) is 4.57 Å². The van der Waals surface area contributed by atoms with Crippen molar-refractivity contribution in [2.75, 3.05) is 5.49 Å². The Balaban J connectivity index is 2.01. The Morgan fingerprint density at radius 1 is 1.21 bits per heavy atom. The van der Waals surface area contributed by atoms with Crippen LogP contribution in [0.1, 0.15) is 0 Å². The molecule has 0 fully saturated rings. The number of benzene rings is 2. The number of nitrogens with one attached hydrogen (secondary N) is 1. The predicted molar refractivity (Wildman–Crippen MR) is 89.2 cm³/mol. The summed E-state index contributed by atoms with van der Waals surface area (Å²) in [5.41, 5.74) is 1.06. The number of hydrogen-bond donors (Lipinski definition) is 3. The number of imidazole rings is 1. The summed E-state index contributed by atoms with van der Waals surface area (Å²) in [6.07, 6.45) is 0. The number of aromatic nitrogens is 2. The smallest absolute Gasteiger partial charge is 0.333 e. The SMILES string of the molecule is O=P(O)(O)CSc1nc2cc(-c3ccc(F)cc3F)c(Cl)cc2[nH]1. The molecule has 0 saturated heterocycles. The number of hydrogen-bond acceptors (Lipinski definition) is 3. The lowest BCUT2D eigenvalue weighted by atomic mass is 10.0. The molecule has 2 aromatic carbocycles. The number of rotatable bonds is 4. The van der Waals surface area contributed by atoms with Gasteiger partial charge >= 0.3 is 7.60 Å². The summed E-state index contributed by atoms with van der Waals surface area (Å²) >= 11 is 7.04. The van der Waals surface area contributed by atoms with E-state index < -0.39 is 24.7 Å². The Morgan fingerprint density at radius 2 is 1.96 bits per heavy atom. The molecule has 0 radical (unpaired) electrons. The summed E-state index contributed by atoms with van der Waals surface area (Å²) in [5.74, 6) is -1.44. The molecule has 126 valence electrons. The van der Waals surface area contributed by atoms with Crippen LogP contribution in [-0.2, 0) is 4.57 Å². The highest BCUT2D eigenvalue weighted by Crippen LogP contribution is 2.41. The third-order valence-corrected chi connectivity index (χ3v) is 5.78. The molecule has 24 heavy (non-hydrogen) atoms. The second-order valence-corrected chi connectivity index (χ2v) is 8.40. The van der Waals surface area contributed by atoms with Crippen LogP contribution in [0.3, 0.4) is 0 Å². The molecule has 0 bridgehead atoms. The lowest BCUT2D eigenvalue weighted by Crippen LogP contribution is -1.88. The third-order valence-electron chi connectivity index (χ3n) is 3.14. The van der Waals surface area contributed by atoms with Crippen LogP contribution in [-0.4, -0.2) is 25.2 Å². The monoisotopic (exact) mass is 390 g/mol. The molecule has 0 aliphatic rings. The standard InChI is InChI=1S/C14H10ClF2N2O3PS/c15-10-5-13-12(18-14(19-13)24-6-23(20,21)22)4-9(10)8-2-1-7(16)3-11(8)17/h1-5H,6H2,(H,18,19)(H2,20,21,22). The van der Waals surface area contributed by atoms with E-state index in [9.17, 15) is 13.3 Å². The van der Waals surface area contributed by atoms with Gasteiger partial charge in [-0.05, 0) is 24.3 Å². The summed E-state index contributed by atoms with van der Waals surface area (Å²) in [5, 5.41) is 0.546. The fraction of sp³-hybridized carbons (Fsp3) is 0.0714. The highest BCUT2D eigenvalue weighted by Gasteiger charge is 2.17. The molecule has 0 spiro atoms. The molecule has 1 aromatic heterocycles. The van der Waals surface area contributed by atoms with Crippen LogP contribution < -0.4 is 0 Å². The molecule has 3 rings (SSSR count). The molecule has 0 saturated carbocycles. The molecule has 5 nitrogen and oxygen atoms in total. The second-order valence-electron chi connectivity index (χ2n) is 4.95. The minimum Gasteiger partial charge on any atom is -0.333 e. The van der Waals surface area contributed by atoms with E-state index in [1.54, 1.807) is 0 Å². The average molecular weight is 391 g/mol. The first kappa shape index (κ1) is 17.4. The minimum absolute atomic E-state index is 0.135. The summed E-state index contributed by atoms with van der Waals surface area (Å²) in [6.45, 7) is 0. The first-order valence-corrected chi connectivity index (χ1v) is 9.71. The van der Waals surface area contributed by atoms with Crippen molar-refractivity contribution in [3.05, 3.63) is 47.0 Å². The maximum Gasteiger partial charge on any atom is 0.335 e. The van der Waals surface area contributed by atoms with Gasteiger partial charge in [-0.25, -0.2) is 13.8 Å². The van der Waals surface area contributed by atoms with E-state index >= 15 is 0 Å². The maximum absolute atomic E-state index is 14.0. The van der Waals surface area contributed by atoms with Crippen LogP contribution in [0, 0.1) is 11.6 Å². The van der Waals surface area contributed by atoms with E-state index in [4.69, 9.17) is 21.4 Å². The molecule has 0 unspecified atom stereocenters. The summed E-state index contributed by atoms with van der Waals surface area (Å²) in [7, 11) is -4.16. The molecule has 3 aromatic rings. The van der Waals surface area contributed by atoms with Crippen molar-refractivity contribution in [1.29, 1.82) is 0 Å². The molecule has 0 aliphatic carbocycles. The van der Waals surface area contributed by atoms with Gasteiger partial charge in [-0.1, -0.05) is 23.4 Å². The summed E-state index contributed by atoms with van der Waals surface area (Å²) in [4.78, 5) is 24.9. The van der Waals surface area contributed by atoms with Gasteiger partial charge in [0, 0.05) is 17.2 Å². The van der Waals surface area contributed by atoms with E-state index in [0.29, 0.717) is 21.8 Å². The maximum atomic E-state index is 14.0. The van der Waals surface area contributed by atoms with Crippen LogP contribution in [0.4, 0.5) is 8.78 Å². The number of fused-ring (bicyclic) bond motifs is 1. The Bertz CT molecular complexity index is 976. The lowest BCUT2D eigenvalue weighted by Gasteiger charge is -2.06. The Hall–Kier alpha value is -1.44. The zero-order chi connectivity index (χ0) is 17.5. The highest BCUT2D eigenvalue weighted by molar-refractivity contribution is 8.04. The normalized spacial score (nSPS) is 12.0. The fourth-order valence-corrected chi connectivity index (χ4v) is 3.91. The zero-order valence-corrected chi connectivity index (χ0v) is 14.3. The van der Waals surface area contributed by atoms with Crippen molar-refractivity contribution in [2.45, 2.75) is 5.16 Å². The third kappa shape index (κ3) is 3.79. The first-order chi connectivity index (χ1) is 11.2. The largest absolute Gasteiger partial charge is 0.335 e. The van der Waals surface area contributed by atoms with Gasteiger partial charge in [0.2, 0.25) is 0 Å². The van der Waals surface area contributed by atoms with Crippen LogP contribution in [0.2, 0.25) is 5.02 Å². The van der Waals surface area contributed by atoms with Gasteiger partial charge in [0.05, 0.1) is 16.1 Å². The molecular weight excluding hydrogens is 381 g/mol. The Kier molecular flexibility index (Phi) is 4.68. The van der Waals surface area contributed by atoms with E-state index in [-0.39, 0.29) is 10.6 Å². The number of H-pyrrole nitrogens is 1. The van der Waals surface area contributed by atoms with Crippen LogP contribution in [0.15, 0.2) is 35.5 Å². The molecule has 0 amide bonds. The molecule has 3 N–H and O–H groups in total. The van der Waals surface area contributed by atoms with Gasteiger partial charge in [-0.2, -0.15) is 0 Å². The summed E-state index contributed by atoms with van der Waals surface area (Å²) < 4.78 is 37.9. The van der Waals surface area contributed by atoms with Crippen molar-refractivity contribution in [2.24, 2.45) is 0 Å². The van der Waals surface area contributed by atoms with Crippen LogP contribution in [0.5, 0.6) is 0 Å². The van der Waals surface area contributed by atoms with Crippen LogP contribution in [0.25, 0.3) is 22.2 Å². The summed E-state index contributed by atoms with van der Waals surface area (Å²) in [6, 6.07) is 6.25. The van der Waals surface area contributed by atoms with Gasteiger partial charge in [0.1, 0.15) is 17.1 Å². The predicted octanol–water partition coefficient (Wildman–Crippen LogP) is 4.39. The van der Waals surface area contributed by atoms with Crippen molar-refractivity contribution >= 4 is 42.0 Å². The van der Waals surface area contributed by atoms with Crippen molar-refractivity contribution in [3.63, 3.8) is 0 Å². The van der Waals surface area contributed by atoms with Gasteiger partial charge in [-0.15, -0.1) is 0 Å². The molecule has 10 heteroatoms. The highest BCUT2D eigenvalue weighted by atomic mass is 35.5. The fourth-order valence-electron chi connectivity index (χ4n) is 2.13. The van der Waals surface area contributed by atoms with Gasteiger partial charge in [0.25, 0.3) is 0 Å².